The van der Waals surface area contributed by atoms with Crippen LogP contribution in [0.5, 0.6) is 0 Å². The first-order chi connectivity index (χ1) is 18.7. The van der Waals surface area contributed by atoms with Gasteiger partial charge in [0.25, 0.3) is 5.91 Å². The van der Waals surface area contributed by atoms with Crippen LogP contribution < -0.4 is 11.1 Å². The quantitative estimate of drug-likeness (QED) is 0.361. The highest BCUT2D eigenvalue weighted by Gasteiger charge is 2.44. The van der Waals surface area contributed by atoms with Crippen LogP contribution in [0.3, 0.4) is 0 Å². The Morgan fingerprint density at radius 1 is 1.05 bits per heavy atom. The molecule has 4 atom stereocenters. The van der Waals surface area contributed by atoms with E-state index < -0.39 is 17.8 Å². The lowest BCUT2D eigenvalue weighted by molar-refractivity contribution is -0.138. The van der Waals surface area contributed by atoms with Gasteiger partial charge < -0.3 is 20.7 Å². The molecule has 1 amide bonds. The lowest BCUT2D eigenvalue weighted by atomic mass is 9.76. The normalized spacial score (nSPS) is 22.4. The summed E-state index contributed by atoms with van der Waals surface area (Å²) in [5.41, 5.74) is 8.97. The van der Waals surface area contributed by atoms with E-state index >= 15 is 0 Å². The van der Waals surface area contributed by atoms with Crippen molar-refractivity contribution in [2.24, 2.45) is 11.7 Å². The second-order valence-electron chi connectivity index (χ2n) is 10.5. The third kappa shape index (κ3) is 5.97. The van der Waals surface area contributed by atoms with Gasteiger partial charge in [-0.1, -0.05) is 48.0 Å². The van der Waals surface area contributed by atoms with Gasteiger partial charge in [0, 0.05) is 35.8 Å². The lowest BCUT2D eigenvalue weighted by Gasteiger charge is -2.46. The van der Waals surface area contributed by atoms with E-state index in [2.05, 4.69) is 5.32 Å². The molecule has 8 heteroatoms. The number of anilines is 1. The van der Waals surface area contributed by atoms with Crippen LogP contribution in [0.25, 0.3) is 0 Å². The average Bonchev–Trinajstić information content (AvgIpc) is 2.94. The first-order valence-electron chi connectivity index (χ1n) is 13.5. The number of nitrogens with one attached hydrogen (secondary N) is 1. The number of amides is 1. The molecule has 1 saturated heterocycles. The maximum absolute atomic E-state index is 13.7. The van der Waals surface area contributed by atoms with Crippen LogP contribution in [0.4, 0.5) is 18.9 Å². The number of halogens is 3. The van der Waals surface area contributed by atoms with Crippen LogP contribution in [0.2, 0.25) is 0 Å². The number of benzene rings is 3. The molecule has 2 aliphatic rings. The van der Waals surface area contributed by atoms with Crippen molar-refractivity contribution in [3.63, 3.8) is 0 Å². The van der Waals surface area contributed by atoms with Crippen LogP contribution in [0, 0.1) is 12.8 Å². The van der Waals surface area contributed by atoms with E-state index in [1.807, 2.05) is 61.5 Å². The van der Waals surface area contributed by atoms with Gasteiger partial charge in [-0.25, -0.2) is 0 Å². The molecule has 39 heavy (non-hydrogen) atoms. The fourth-order valence-corrected chi connectivity index (χ4v) is 5.74. The van der Waals surface area contributed by atoms with Crippen molar-refractivity contribution in [2.45, 2.75) is 50.6 Å². The van der Waals surface area contributed by atoms with Crippen LogP contribution >= 0.6 is 0 Å². The minimum Gasteiger partial charge on any atom is -0.378 e. The topological polar surface area (TPSA) is 67.6 Å². The number of alkyl halides is 3. The summed E-state index contributed by atoms with van der Waals surface area (Å²) < 4.78 is 47.6. The Morgan fingerprint density at radius 3 is 2.49 bits per heavy atom. The number of carbonyl (C=O) groups is 1. The second-order valence-corrected chi connectivity index (χ2v) is 10.5. The molecule has 0 aromatic heterocycles. The zero-order valence-corrected chi connectivity index (χ0v) is 22.0. The van der Waals surface area contributed by atoms with Crippen molar-refractivity contribution in [2.75, 3.05) is 25.0 Å². The summed E-state index contributed by atoms with van der Waals surface area (Å²) in [6.45, 7) is 3.26. The average molecular weight is 538 g/mol. The van der Waals surface area contributed by atoms with Crippen LogP contribution in [0.1, 0.15) is 64.0 Å². The summed E-state index contributed by atoms with van der Waals surface area (Å²) in [5.74, 6) is -0.147. The fraction of sp³-hybridized carbons (Fsp3) is 0.387. The molecule has 2 aliphatic heterocycles. The van der Waals surface area contributed by atoms with Crippen molar-refractivity contribution < 1.29 is 22.7 Å². The van der Waals surface area contributed by atoms with Gasteiger partial charge in [-0.2, -0.15) is 13.2 Å². The van der Waals surface area contributed by atoms with Crippen LogP contribution in [0.15, 0.2) is 72.8 Å². The number of carbonyl (C=O) groups excluding carboxylic acids is 1. The molecule has 0 unspecified atom stereocenters. The van der Waals surface area contributed by atoms with E-state index in [0.717, 1.165) is 23.6 Å². The van der Waals surface area contributed by atoms with Gasteiger partial charge in [-0.3, -0.25) is 4.79 Å². The number of nitrogens with zero attached hydrogens (tertiary/aromatic N) is 1. The Labute approximate surface area is 227 Å². The highest BCUT2D eigenvalue weighted by molar-refractivity contribution is 5.94. The Morgan fingerprint density at radius 2 is 1.79 bits per heavy atom. The molecule has 0 aliphatic carbocycles. The molecular weight excluding hydrogens is 503 g/mol. The molecule has 5 nitrogen and oxygen atoms in total. The Hall–Kier alpha value is -3.36. The number of hydrogen-bond donors (Lipinski definition) is 2. The number of rotatable bonds is 7. The third-order valence-corrected chi connectivity index (χ3v) is 7.78. The van der Waals surface area contributed by atoms with Crippen LogP contribution in [-0.4, -0.2) is 36.5 Å². The summed E-state index contributed by atoms with van der Waals surface area (Å²) in [5, 5.41) is 3.49. The summed E-state index contributed by atoms with van der Waals surface area (Å²) in [4.78, 5) is 15.2. The van der Waals surface area contributed by atoms with Gasteiger partial charge in [0.15, 0.2) is 0 Å². The molecule has 1 fully saturated rings. The summed E-state index contributed by atoms with van der Waals surface area (Å²) in [6.07, 6.45) is -3.20. The van der Waals surface area contributed by atoms with Gasteiger partial charge in [0.1, 0.15) is 0 Å². The third-order valence-electron chi connectivity index (χ3n) is 7.78. The highest BCUT2D eigenvalue weighted by atomic mass is 19.4. The number of ether oxygens (including phenoxy) is 1. The van der Waals surface area contributed by atoms with Crippen molar-refractivity contribution >= 4 is 11.6 Å². The molecular formula is C31H34F3N3O2. The number of fused-ring (bicyclic) bond motifs is 3. The number of nitrogens with two attached hydrogens (primary N) is 1. The summed E-state index contributed by atoms with van der Waals surface area (Å²) in [6, 6.07) is 21.1. The van der Waals surface area contributed by atoms with Gasteiger partial charge >= 0.3 is 6.18 Å². The predicted molar refractivity (Wildman–Crippen MR) is 145 cm³/mol. The molecule has 3 aromatic rings. The number of aryl methyl sites for hydroxylation is 1. The van der Waals surface area contributed by atoms with Gasteiger partial charge in [-0.15, -0.1) is 0 Å². The van der Waals surface area contributed by atoms with E-state index in [0.29, 0.717) is 49.3 Å². The van der Waals surface area contributed by atoms with Crippen molar-refractivity contribution in [3.05, 3.63) is 101 Å². The minimum absolute atomic E-state index is 0.0510. The zero-order valence-electron chi connectivity index (χ0n) is 22.0. The smallest absolute Gasteiger partial charge is 0.378 e. The largest absolute Gasteiger partial charge is 0.416 e. The van der Waals surface area contributed by atoms with E-state index in [4.69, 9.17) is 10.5 Å². The lowest BCUT2D eigenvalue weighted by Crippen LogP contribution is -2.45. The molecule has 0 spiro atoms. The Bertz CT molecular complexity index is 1280. The standard InChI is InChI=1S/C31H34F3N3O2/c1-20-8-10-22(11-9-20)30(38)37(17-5-16-35)19-24-13-14-25-28(21-6-3-2-4-7-21)36-27-15-12-23(31(32,33)34)18-26(27)29(25)39-24/h2-4,6-12,15,18,24-25,28-29,36H,5,13-14,16-17,19,35H2,1H3/t24-,25+,28+,29+/m1/s1. The van der Waals surface area contributed by atoms with E-state index in [9.17, 15) is 18.0 Å². The molecule has 2 heterocycles. The molecule has 3 N–H and O–H groups in total. The summed E-state index contributed by atoms with van der Waals surface area (Å²) >= 11 is 0. The van der Waals surface area contributed by atoms with Crippen molar-refractivity contribution in [1.82, 2.24) is 4.90 Å². The van der Waals surface area contributed by atoms with Crippen molar-refractivity contribution in [3.8, 4) is 0 Å². The van der Waals surface area contributed by atoms with Gasteiger partial charge in [0.05, 0.1) is 23.8 Å². The number of hydrogen-bond acceptors (Lipinski definition) is 4. The predicted octanol–water partition coefficient (Wildman–Crippen LogP) is 6.51. The molecule has 0 saturated carbocycles. The van der Waals surface area contributed by atoms with E-state index in [1.54, 1.807) is 4.90 Å². The maximum atomic E-state index is 13.7. The molecule has 0 bridgehead atoms. The summed E-state index contributed by atoms with van der Waals surface area (Å²) in [7, 11) is 0. The molecule has 3 aromatic carbocycles. The van der Waals surface area contributed by atoms with Gasteiger partial charge in [-0.05, 0) is 68.6 Å². The minimum atomic E-state index is -4.45. The highest BCUT2D eigenvalue weighted by Crippen LogP contribution is 2.51. The zero-order chi connectivity index (χ0) is 27.6. The van der Waals surface area contributed by atoms with E-state index in [1.165, 1.54) is 12.1 Å². The monoisotopic (exact) mass is 537 g/mol. The maximum Gasteiger partial charge on any atom is 0.416 e. The molecule has 0 radical (unpaired) electrons. The van der Waals surface area contributed by atoms with Crippen molar-refractivity contribution in [1.29, 1.82) is 0 Å². The Kier molecular flexibility index (Phi) is 7.96. The fourth-order valence-electron chi connectivity index (χ4n) is 5.74. The molecule has 5 rings (SSSR count). The van der Waals surface area contributed by atoms with Gasteiger partial charge in [0.2, 0.25) is 0 Å². The second kappa shape index (κ2) is 11.4. The van der Waals surface area contributed by atoms with E-state index in [-0.39, 0.29) is 24.0 Å². The van der Waals surface area contributed by atoms with Crippen LogP contribution in [-0.2, 0) is 10.9 Å². The first-order valence-corrected chi connectivity index (χ1v) is 13.5. The first kappa shape index (κ1) is 27.2. The SMILES string of the molecule is Cc1ccc(C(=O)N(CCCN)C[C@H]2CC[C@@H]3[C@H](O2)c2cc(C(F)(F)F)ccc2N[C@H]3c2ccccc2)cc1. The molecule has 206 valence electrons. The Balaban J connectivity index is 1.43.